The Labute approximate surface area is 122 Å². The molecule has 0 bridgehead atoms. The molecular formula is C15H19F2NO3. The summed E-state index contributed by atoms with van der Waals surface area (Å²) in [6, 6.07) is 5.09. The van der Waals surface area contributed by atoms with E-state index in [4.69, 9.17) is 4.74 Å². The normalized spacial score (nSPS) is 14.1. The average molecular weight is 299 g/mol. The second kappa shape index (κ2) is 6.74. The number of rotatable bonds is 7. The van der Waals surface area contributed by atoms with Crippen molar-refractivity contribution < 1.29 is 23.0 Å². The lowest BCUT2D eigenvalue weighted by Crippen LogP contribution is -2.30. The van der Waals surface area contributed by atoms with E-state index in [1.165, 1.54) is 13.0 Å². The minimum absolute atomic E-state index is 0.0106. The summed E-state index contributed by atoms with van der Waals surface area (Å²) in [7, 11) is 0. The molecular weight excluding hydrogens is 280 g/mol. The second-order valence-electron chi connectivity index (χ2n) is 4.97. The van der Waals surface area contributed by atoms with E-state index in [0.29, 0.717) is 19.2 Å². The molecule has 116 valence electrons. The lowest BCUT2D eigenvalue weighted by molar-refractivity contribution is -0.130. The third kappa shape index (κ3) is 4.31. The number of amides is 1. The third-order valence-electron chi connectivity index (χ3n) is 3.27. The van der Waals surface area contributed by atoms with E-state index in [1.54, 1.807) is 24.0 Å². The molecule has 0 spiro atoms. The van der Waals surface area contributed by atoms with Gasteiger partial charge in [0.15, 0.2) is 11.5 Å². The number of nitrogens with zero attached hydrogens (tertiary/aromatic N) is 1. The fourth-order valence-electron chi connectivity index (χ4n) is 2.19. The molecule has 1 fully saturated rings. The van der Waals surface area contributed by atoms with E-state index < -0.39 is 6.61 Å². The number of benzene rings is 1. The third-order valence-corrected chi connectivity index (χ3v) is 3.27. The summed E-state index contributed by atoms with van der Waals surface area (Å²) in [5, 5.41) is 0. The molecule has 2 rings (SSSR count). The molecule has 0 N–H and O–H groups in total. The van der Waals surface area contributed by atoms with Crippen LogP contribution in [0.5, 0.6) is 11.5 Å². The van der Waals surface area contributed by atoms with Crippen LogP contribution in [-0.4, -0.2) is 30.1 Å². The van der Waals surface area contributed by atoms with E-state index in [9.17, 15) is 13.6 Å². The van der Waals surface area contributed by atoms with Crippen LogP contribution in [0.1, 0.15) is 32.3 Å². The van der Waals surface area contributed by atoms with Gasteiger partial charge in [0.05, 0.1) is 6.61 Å². The van der Waals surface area contributed by atoms with Crippen molar-refractivity contribution in [3.05, 3.63) is 23.8 Å². The summed E-state index contributed by atoms with van der Waals surface area (Å²) in [6.07, 6.45) is 2.04. The van der Waals surface area contributed by atoms with Crippen LogP contribution in [-0.2, 0) is 11.3 Å². The maximum Gasteiger partial charge on any atom is 0.387 e. The number of halogens is 2. The van der Waals surface area contributed by atoms with E-state index in [1.807, 2.05) is 0 Å². The lowest BCUT2D eigenvalue weighted by Gasteiger charge is -2.21. The predicted molar refractivity (Wildman–Crippen MR) is 73.5 cm³/mol. The van der Waals surface area contributed by atoms with Crippen molar-refractivity contribution >= 4 is 5.91 Å². The molecule has 1 amide bonds. The summed E-state index contributed by atoms with van der Waals surface area (Å²) in [6.45, 7) is 1.22. The first-order chi connectivity index (χ1) is 10.0. The number of hydrogen-bond acceptors (Lipinski definition) is 3. The molecule has 4 nitrogen and oxygen atoms in total. The quantitative estimate of drug-likeness (QED) is 0.776. The highest BCUT2D eigenvalue weighted by atomic mass is 19.3. The Bertz CT molecular complexity index is 504. The highest BCUT2D eigenvalue weighted by molar-refractivity contribution is 5.74. The topological polar surface area (TPSA) is 38.8 Å². The van der Waals surface area contributed by atoms with Crippen LogP contribution in [0.15, 0.2) is 18.2 Å². The van der Waals surface area contributed by atoms with Crippen LogP contribution >= 0.6 is 0 Å². The molecule has 0 unspecified atom stereocenters. The van der Waals surface area contributed by atoms with Crippen LogP contribution in [0.25, 0.3) is 0 Å². The van der Waals surface area contributed by atoms with Crippen LogP contribution in [0.3, 0.4) is 0 Å². The predicted octanol–water partition coefficient (Wildman–Crippen LogP) is 3.20. The maximum atomic E-state index is 12.3. The summed E-state index contributed by atoms with van der Waals surface area (Å²) >= 11 is 0. The van der Waals surface area contributed by atoms with Gasteiger partial charge in [-0.3, -0.25) is 4.79 Å². The fourth-order valence-corrected chi connectivity index (χ4v) is 2.19. The molecule has 1 aromatic rings. The van der Waals surface area contributed by atoms with Gasteiger partial charge >= 0.3 is 6.61 Å². The number of ether oxygens (including phenoxy) is 2. The van der Waals surface area contributed by atoms with Gasteiger partial charge in [-0.25, -0.2) is 0 Å². The van der Waals surface area contributed by atoms with Crippen LogP contribution in [0, 0.1) is 0 Å². The number of hydrogen-bond donors (Lipinski definition) is 0. The van der Waals surface area contributed by atoms with E-state index in [-0.39, 0.29) is 17.4 Å². The lowest BCUT2D eigenvalue weighted by atomic mass is 10.2. The first-order valence-corrected chi connectivity index (χ1v) is 6.99. The van der Waals surface area contributed by atoms with Crippen LogP contribution in [0.2, 0.25) is 0 Å². The van der Waals surface area contributed by atoms with Gasteiger partial charge < -0.3 is 14.4 Å². The zero-order valence-electron chi connectivity index (χ0n) is 12.1. The van der Waals surface area contributed by atoms with Crippen molar-refractivity contribution in [1.82, 2.24) is 4.90 Å². The van der Waals surface area contributed by atoms with Gasteiger partial charge in [0.25, 0.3) is 0 Å². The smallest absolute Gasteiger partial charge is 0.387 e. The van der Waals surface area contributed by atoms with Gasteiger partial charge in [0.1, 0.15) is 0 Å². The van der Waals surface area contributed by atoms with E-state index in [2.05, 4.69) is 4.74 Å². The Kier molecular flexibility index (Phi) is 4.98. The Morgan fingerprint density at radius 1 is 1.38 bits per heavy atom. The van der Waals surface area contributed by atoms with Crippen molar-refractivity contribution in [3.8, 4) is 11.5 Å². The number of carbonyl (C=O) groups is 1. The molecule has 1 aliphatic carbocycles. The Hall–Kier alpha value is -1.85. The molecule has 1 saturated carbocycles. The molecule has 6 heteroatoms. The zero-order chi connectivity index (χ0) is 15.4. The molecule has 0 heterocycles. The Balaban J connectivity index is 2.16. The SMILES string of the molecule is CCOc1cc(CN(C(C)=O)C2CC2)ccc1OC(F)F. The molecule has 1 aromatic carbocycles. The maximum absolute atomic E-state index is 12.3. The van der Waals surface area contributed by atoms with Gasteiger partial charge in [0.2, 0.25) is 5.91 Å². The number of carbonyl (C=O) groups excluding carboxylic acids is 1. The first kappa shape index (κ1) is 15.5. The van der Waals surface area contributed by atoms with Gasteiger partial charge in [0, 0.05) is 19.5 Å². The zero-order valence-corrected chi connectivity index (χ0v) is 12.1. The molecule has 21 heavy (non-hydrogen) atoms. The van der Waals surface area contributed by atoms with Crippen LogP contribution in [0.4, 0.5) is 8.78 Å². The monoisotopic (exact) mass is 299 g/mol. The van der Waals surface area contributed by atoms with Gasteiger partial charge in [-0.05, 0) is 37.5 Å². The molecule has 0 radical (unpaired) electrons. The van der Waals surface area contributed by atoms with Crippen molar-refractivity contribution in [2.75, 3.05) is 6.61 Å². The van der Waals surface area contributed by atoms with Gasteiger partial charge in [-0.2, -0.15) is 8.78 Å². The molecule has 0 atom stereocenters. The second-order valence-corrected chi connectivity index (χ2v) is 4.97. The Morgan fingerprint density at radius 3 is 2.62 bits per heavy atom. The summed E-state index contributed by atoms with van der Waals surface area (Å²) in [4.78, 5) is 13.4. The van der Waals surface area contributed by atoms with Gasteiger partial charge in [-0.15, -0.1) is 0 Å². The van der Waals surface area contributed by atoms with Crippen molar-refractivity contribution in [3.63, 3.8) is 0 Å². The molecule has 0 aliphatic heterocycles. The first-order valence-electron chi connectivity index (χ1n) is 6.99. The van der Waals surface area contributed by atoms with Gasteiger partial charge in [-0.1, -0.05) is 6.07 Å². The van der Waals surface area contributed by atoms with Crippen molar-refractivity contribution in [2.45, 2.75) is 45.9 Å². The molecule has 0 saturated heterocycles. The average Bonchev–Trinajstić information content (AvgIpc) is 3.22. The van der Waals surface area contributed by atoms with E-state index >= 15 is 0 Å². The van der Waals surface area contributed by atoms with Crippen LogP contribution < -0.4 is 9.47 Å². The summed E-state index contributed by atoms with van der Waals surface area (Å²) in [5.74, 6) is 0.300. The highest BCUT2D eigenvalue weighted by Crippen LogP contribution is 2.32. The van der Waals surface area contributed by atoms with E-state index in [0.717, 1.165) is 18.4 Å². The molecule has 1 aliphatic rings. The summed E-state index contributed by atoms with van der Waals surface area (Å²) < 4.78 is 34.4. The number of alkyl halides is 2. The minimum atomic E-state index is -2.89. The highest BCUT2D eigenvalue weighted by Gasteiger charge is 2.30. The standard InChI is InChI=1S/C15H19F2NO3/c1-3-20-14-8-11(4-7-13(14)21-15(16)17)9-18(10(2)19)12-5-6-12/h4,7-8,12,15H,3,5-6,9H2,1-2H3. The fraction of sp³-hybridized carbons (Fsp3) is 0.533. The Morgan fingerprint density at radius 2 is 2.10 bits per heavy atom. The summed E-state index contributed by atoms with van der Waals surface area (Å²) in [5.41, 5.74) is 0.835. The van der Waals surface area contributed by atoms with Crippen molar-refractivity contribution in [1.29, 1.82) is 0 Å². The minimum Gasteiger partial charge on any atom is -0.490 e. The molecule has 0 aromatic heterocycles. The largest absolute Gasteiger partial charge is 0.490 e. The van der Waals surface area contributed by atoms with Crippen molar-refractivity contribution in [2.24, 2.45) is 0 Å².